The van der Waals surface area contributed by atoms with Gasteiger partial charge in [-0.1, -0.05) is 18.2 Å². The SMILES string of the molecule is O=C(NCCCOCc1ccco1)c1occc1COc1ccccc1. The van der Waals surface area contributed by atoms with Gasteiger partial charge >= 0.3 is 0 Å². The highest BCUT2D eigenvalue weighted by Gasteiger charge is 2.15. The standard InChI is InChI=1S/C20H21NO5/c22-20(21-10-5-11-23-15-18-8-4-12-24-18)19-16(9-13-25-19)14-26-17-6-2-1-3-7-17/h1-4,6-9,12-13H,5,10-11,14-15H2,(H,21,22). The molecule has 0 unspecified atom stereocenters. The van der Waals surface area contributed by atoms with Gasteiger partial charge in [-0.3, -0.25) is 4.79 Å². The van der Waals surface area contributed by atoms with Gasteiger partial charge in [0.1, 0.15) is 24.7 Å². The first kappa shape index (κ1) is 17.8. The third-order valence-electron chi connectivity index (χ3n) is 3.67. The van der Waals surface area contributed by atoms with Crippen LogP contribution in [0.2, 0.25) is 0 Å². The maximum absolute atomic E-state index is 12.2. The summed E-state index contributed by atoms with van der Waals surface area (Å²) in [5, 5.41) is 2.83. The van der Waals surface area contributed by atoms with Gasteiger partial charge in [0.05, 0.1) is 12.5 Å². The highest BCUT2D eigenvalue weighted by molar-refractivity contribution is 5.92. The molecule has 26 heavy (non-hydrogen) atoms. The lowest BCUT2D eigenvalue weighted by atomic mass is 10.2. The number of carbonyl (C=O) groups excluding carboxylic acids is 1. The molecule has 0 aliphatic rings. The zero-order valence-electron chi connectivity index (χ0n) is 14.4. The van der Waals surface area contributed by atoms with Gasteiger partial charge in [0.15, 0.2) is 5.76 Å². The molecular formula is C20H21NO5. The lowest BCUT2D eigenvalue weighted by Gasteiger charge is -2.07. The van der Waals surface area contributed by atoms with E-state index in [1.807, 2.05) is 42.5 Å². The summed E-state index contributed by atoms with van der Waals surface area (Å²) in [5.74, 6) is 1.55. The van der Waals surface area contributed by atoms with E-state index in [0.717, 1.165) is 11.5 Å². The van der Waals surface area contributed by atoms with E-state index in [-0.39, 0.29) is 18.3 Å². The first-order valence-electron chi connectivity index (χ1n) is 8.45. The summed E-state index contributed by atoms with van der Waals surface area (Å²) in [5.41, 5.74) is 0.709. The normalized spacial score (nSPS) is 10.6. The van der Waals surface area contributed by atoms with Crippen LogP contribution in [0.25, 0.3) is 0 Å². The van der Waals surface area contributed by atoms with Crippen LogP contribution in [0.5, 0.6) is 5.75 Å². The van der Waals surface area contributed by atoms with Crippen LogP contribution in [0.4, 0.5) is 0 Å². The van der Waals surface area contributed by atoms with Crippen molar-refractivity contribution in [1.29, 1.82) is 0 Å². The van der Waals surface area contributed by atoms with Crippen LogP contribution in [-0.4, -0.2) is 19.1 Å². The Labute approximate surface area is 151 Å². The first-order chi connectivity index (χ1) is 12.8. The molecule has 0 saturated heterocycles. The molecule has 1 aromatic carbocycles. The quantitative estimate of drug-likeness (QED) is 0.560. The summed E-state index contributed by atoms with van der Waals surface area (Å²) in [6.07, 6.45) is 3.80. The summed E-state index contributed by atoms with van der Waals surface area (Å²) in [4.78, 5) is 12.2. The molecule has 0 spiro atoms. The van der Waals surface area contributed by atoms with Crippen LogP contribution in [-0.2, 0) is 18.0 Å². The maximum Gasteiger partial charge on any atom is 0.287 e. The summed E-state index contributed by atoms with van der Waals surface area (Å²) >= 11 is 0. The van der Waals surface area contributed by atoms with Crippen molar-refractivity contribution in [2.75, 3.05) is 13.2 Å². The minimum Gasteiger partial charge on any atom is -0.489 e. The topological polar surface area (TPSA) is 73.8 Å². The maximum atomic E-state index is 12.2. The van der Waals surface area contributed by atoms with E-state index in [0.29, 0.717) is 31.7 Å². The van der Waals surface area contributed by atoms with Crippen molar-refractivity contribution >= 4 is 5.91 Å². The summed E-state index contributed by atoms with van der Waals surface area (Å²) in [7, 11) is 0. The molecule has 0 radical (unpaired) electrons. The lowest BCUT2D eigenvalue weighted by Crippen LogP contribution is -2.26. The van der Waals surface area contributed by atoms with Crippen molar-refractivity contribution in [2.24, 2.45) is 0 Å². The molecule has 1 amide bonds. The average molecular weight is 355 g/mol. The van der Waals surface area contributed by atoms with E-state index in [4.69, 9.17) is 18.3 Å². The second-order valence-electron chi connectivity index (χ2n) is 5.62. The van der Waals surface area contributed by atoms with E-state index in [1.165, 1.54) is 6.26 Å². The minimum absolute atomic E-state index is 0.257. The molecule has 3 aromatic rings. The van der Waals surface area contributed by atoms with Gasteiger partial charge in [-0.2, -0.15) is 0 Å². The van der Waals surface area contributed by atoms with E-state index in [1.54, 1.807) is 12.3 Å². The van der Waals surface area contributed by atoms with Crippen LogP contribution < -0.4 is 10.1 Å². The Balaban J connectivity index is 1.37. The molecule has 6 nitrogen and oxygen atoms in total. The molecule has 1 N–H and O–H groups in total. The van der Waals surface area contributed by atoms with Crippen molar-refractivity contribution in [2.45, 2.75) is 19.6 Å². The fourth-order valence-electron chi connectivity index (χ4n) is 2.35. The first-order valence-corrected chi connectivity index (χ1v) is 8.45. The molecule has 0 bridgehead atoms. The number of furan rings is 2. The predicted octanol–water partition coefficient (Wildman–Crippen LogP) is 3.79. The smallest absolute Gasteiger partial charge is 0.287 e. The molecule has 0 atom stereocenters. The van der Waals surface area contributed by atoms with E-state index >= 15 is 0 Å². The third kappa shape index (κ3) is 5.26. The van der Waals surface area contributed by atoms with Gasteiger partial charge < -0.3 is 23.6 Å². The summed E-state index contributed by atoms with van der Waals surface area (Å²) < 4.78 is 21.6. The van der Waals surface area contributed by atoms with Gasteiger partial charge in [-0.15, -0.1) is 0 Å². The number of para-hydroxylation sites is 1. The number of rotatable bonds is 10. The third-order valence-corrected chi connectivity index (χ3v) is 3.67. The average Bonchev–Trinajstić information content (AvgIpc) is 3.35. The van der Waals surface area contributed by atoms with Gasteiger partial charge in [0, 0.05) is 18.7 Å². The molecular weight excluding hydrogens is 334 g/mol. The fraction of sp³-hybridized carbons (Fsp3) is 0.250. The number of nitrogens with one attached hydrogen (secondary N) is 1. The minimum atomic E-state index is -0.257. The Morgan fingerprint density at radius 2 is 1.85 bits per heavy atom. The zero-order chi connectivity index (χ0) is 18.0. The Morgan fingerprint density at radius 1 is 0.962 bits per heavy atom. The number of hydrogen-bond acceptors (Lipinski definition) is 5. The molecule has 0 aliphatic heterocycles. The largest absolute Gasteiger partial charge is 0.489 e. The van der Waals surface area contributed by atoms with Crippen LogP contribution in [0.3, 0.4) is 0 Å². The van der Waals surface area contributed by atoms with Crippen molar-refractivity contribution in [1.82, 2.24) is 5.32 Å². The molecule has 0 saturated carbocycles. The number of benzene rings is 1. The van der Waals surface area contributed by atoms with Crippen LogP contribution in [0, 0.1) is 0 Å². The van der Waals surface area contributed by atoms with Crippen molar-refractivity contribution < 1.29 is 23.1 Å². The molecule has 3 rings (SSSR count). The van der Waals surface area contributed by atoms with Gasteiger partial charge in [0.2, 0.25) is 0 Å². The molecule has 136 valence electrons. The van der Waals surface area contributed by atoms with Gasteiger partial charge in [0.25, 0.3) is 5.91 Å². The van der Waals surface area contributed by atoms with Crippen LogP contribution in [0.1, 0.15) is 28.3 Å². The molecule has 6 heteroatoms. The summed E-state index contributed by atoms with van der Waals surface area (Å²) in [6.45, 7) is 1.73. The highest BCUT2D eigenvalue weighted by atomic mass is 16.5. The lowest BCUT2D eigenvalue weighted by molar-refractivity contribution is 0.0891. The van der Waals surface area contributed by atoms with Gasteiger partial charge in [-0.05, 0) is 36.8 Å². The Morgan fingerprint density at radius 3 is 2.65 bits per heavy atom. The summed E-state index contributed by atoms with van der Waals surface area (Å²) in [6, 6.07) is 14.9. The van der Waals surface area contributed by atoms with E-state index in [9.17, 15) is 4.79 Å². The van der Waals surface area contributed by atoms with E-state index < -0.39 is 0 Å². The zero-order valence-corrected chi connectivity index (χ0v) is 14.4. The molecule has 2 aromatic heterocycles. The number of carbonyl (C=O) groups is 1. The Kier molecular flexibility index (Phi) is 6.50. The Hall–Kier alpha value is -2.99. The van der Waals surface area contributed by atoms with Crippen molar-refractivity contribution in [3.05, 3.63) is 78.1 Å². The monoisotopic (exact) mass is 355 g/mol. The molecule has 0 aliphatic carbocycles. The molecule has 2 heterocycles. The van der Waals surface area contributed by atoms with Crippen molar-refractivity contribution in [3.8, 4) is 5.75 Å². The second-order valence-corrected chi connectivity index (χ2v) is 5.62. The van der Waals surface area contributed by atoms with Crippen LogP contribution >= 0.6 is 0 Å². The number of ether oxygens (including phenoxy) is 2. The number of hydrogen-bond donors (Lipinski definition) is 1. The van der Waals surface area contributed by atoms with Crippen LogP contribution in [0.15, 0.2) is 69.9 Å². The Bertz CT molecular complexity index is 780. The fourth-order valence-corrected chi connectivity index (χ4v) is 2.35. The van der Waals surface area contributed by atoms with Crippen molar-refractivity contribution in [3.63, 3.8) is 0 Å². The second kappa shape index (κ2) is 9.48. The van der Waals surface area contributed by atoms with E-state index in [2.05, 4.69) is 5.32 Å². The predicted molar refractivity (Wildman–Crippen MR) is 94.8 cm³/mol. The number of amides is 1. The highest BCUT2D eigenvalue weighted by Crippen LogP contribution is 2.15. The van der Waals surface area contributed by atoms with Gasteiger partial charge in [-0.25, -0.2) is 0 Å². The molecule has 0 fully saturated rings.